The van der Waals surface area contributed by atoms with Crippen LogP contribution in [0.5, 0.6) is 5.75 Å². The Balaban J connectivity index is 1.26. The number of para-hydroxylation sites is 1. The normalized spacial score (nSPS) is 15.9. The molecule has 1 amide bonds. The summed E-state index contributed by atoms with van der Waals surface area (Å²) < 4.78 is 16.7. The van der Waals surface area contributed by atoms with Gasteiger partial charge in [0.2, 0.25) is 0 Å². The van der Waals surface area contributed by atoms with E-state index in [1.54, 1.807) is 25.3 Å². The molecule has 3 heterocycles. The van der Waals surface area contributed by atoms with E-state index in [-0.39, 0.29) is 18.4 Å². The van der Waals surface area contributed by atoms with Crippen molar-refractivity contribution in [2.24, 2.45) is 0 Å². The predicted octanol–water partition coefficient (Wildman–Crippen LogP) is 4.56. The Morgan fingerprint density at radius 1 is 1.12 bits per heavy atom. The Labute approximate surface area is 197 Å². The molecule has 1 saturated heterocycles. The van der Waals surface area contributed by atoms with Gasteiger partial charge < -0.3 is 14.1 Å². The molecule has 2 aromatic carbocycles. The second-order valence-corrected chi connectivity index (χ2v) is 8.50. The molecule has 174 valence electrons. The first kappa shape index (κ1) is 21.9. The van der Waals surface area contributed by atoms with E-state index in [4.69, 9.17) is 13.8 Å². The first-order chi connectivity index (χ1) is 16.7. The highest BCUT2D eigenvalue weighted by Crippen LogP contribution is 2.30. The summed E-state index contributed by atoms with van der Waals surface area (Å²) in [6.45, 7) is 3.23. The molecule has 0 unspecified atom stereocenters. The number of carbonyl (C=O) groups excluding carboxylic acids is 1. The minimum atomic E-state index is -0.0636. The summed E-state index contributed by atoms with van der Waals surface area (Å²) in [4.78, 5) is 19.8. The lowest BCUT2D eigenvalue weighted by Gasteiger charge is -2.31. The number of carbonyl (C=O) groups is 1. The van der Waals surface area contributed by atoms with Crippen LogP contribution in [0.2, 0.25) is 0 Å². The van der Waals surface area contributed by atoms with Gasteiger partial charge in [-0.2, -0.15) is 0 Å². The van der Waals surface area contributed by atoms with E-state index in [0.717, 1.165) is 18.6 Å². The van der Waals surface area contributed by atoms with Gasteiger partial charge in [-0.25, -0.2) is 9.61 Å². The van der Waals surface area contributed by atoms with Gasteiger partial charge in [0.1, 0.15) is 29.5 Å². The maximum absolute atomic E-state index is 13.4. The average molecular weight is 459 g/mol. The van der Waals surface area contributed by atoms with Crippen molar-refractivity contribution in [2.45, 2.75) is 38.7 Å². The van der Waals surface area contributed by atoms with Gasteiger partial charge in [0.05, 0.1) is 17.7 Å². The standard InChI is InChI=1S/C26H26N4O4/c1-18-23(29-34-28-18)17-32-24-12-6-5-11-22(24)26(31)30-13-7-10-20(16-30)25-27-15-21(33-25)14-19-8-3-2-4-9-19/h2-6,8-9,11-12,15,20H,7,10,13-14,16-17H2,1H3/t20-/m1/s1. The highest BCUT2D eigenvalue weighted by molar-refractivity contribution is 5.97. The number of ether oxygens (including phenoxy) is 1. The zero-order valence-electron chi connectivity index (χ0n) is 19.0. The second-order valence-electron chi connectivity index (χ2n) is 8.50. The maximum atomic E-state index is 13.4. The molecule has 5 rings (SSSR count). The molecule has 1 aliphatic heterocycles. The summed E-state index contributed by atoms with van der Waals surface area (Å²) in [5, 5.41) is 7.61. The highest BCUT2D eigenvalue weighted by atomic mass is 16.6. The second kappa shape index (κ2) is 9.91. The van der Waals surface area contributed by atoms with E-state index >= 15 is 0 Å². The van der Waals surface area contributed by atoms with Gasteiger partial charge in [0.15, 0.2) is 5.89 Å². The van der Waals surface area contributed by atoms with Crippen LogP contribution in [0.4, 0.5) is 0 Å². The molecule has 0 saturated carbocycles. The molecule has 34 heavy (non-hydrogen) atoms. The van der Waals surface area contributed by atoms with Crippen molar-refractivity contribution < 1.29 is 18.6 Å². The average Bonchev–Trinajstić information content (AvgIpc) is 3.52. The molecule has 1 atom stereocenters. The Hall–Kier alpha value is -3.94. The maximum Gasteiger partial charge on any atom is 0.257 e. The number of rotatable bonds is 7. The van der Waals surface area contributed by atoms with Crippen LogP contribution in [0, 0.1) is 6.92 Å². The fourth-order valence-electron chi connectivity index (χ4n) is 4.22. The number of hydrogen-bond acceptors (Lipinski definition) is 7. The third-order valence-corrected chi connectivity index (χ3v) is 6.08. The fraction of sp³-hybridized carbons (Fsp3) is 0.308. The first-order valence-electron chi connectivity index (χ1n) is 11.4. The molecule has 0 N–H and O–H groups in total. The number of aryl methyl sites for hydroxylation is 1. The highest BCUT2D eigenvalue weighted by Gasteiger charge is 2.29. The molecule has 1 aliphatic rings. The Bertz CT molecular complexity index is 1250. The molecular weight excluding hydrogens is 432 g/mol. The molecule has 8 nitrogen and oxygen atoms in total. The Morgan fingerprint density at radius 3 is 2.76 bits per heavy atom. The van der Waals surface area contributed by atoms with Crippen LogP contribution in [0.15, 0.2) is 69.8 Å². The Morgan fingerprint density at radius 2 is 1.94 bits per heavy atom. The summed E-state index contributed by atoms with van der Waals surface area (Å²) in [6.07, 6.45) is 4.33. The summed E-state index contributed by atoms with van der Waals surface area (Å²) in [7, 11) is 0. The molecule has 1 fully saturated rings. The van der Waals surface area contributed by atoms with Crippen LogP contribution in [0.3, 0.4) is 0 Å². The molecule has 8 heteroatoms. The summed E-state index contributed by atoms with van der Waals surface area (Å²) >= 11 is 0. The van der Waals surface area contributed by atoms with E-state index in [2.05, 4.69) is 27.4 Å². The van der Waals surface area contributed by atoms with Crippen molar-refractivity contribution in [3.63, 3.8) is 0 Å². The van der Waals surface area contributed by atoms with Crippen LogP contribution >= 0.6 is 0 Å². The molecule has 4 aromatic rings. The fourth-order valence-corrected chi connectivity index (χ4v) is 4.22. The molecule has 0 radical (unpaired) electrons. The smallest absolute Gasteiger partial charge is 0.257 e. The third kappa shape index (κ3) is 4.85. The number of amides is 1. The number of nitrogens with zero attached hydrogens (tertiary/aromatic N) is 4. The molecule has 2 aromatic heterocycles. The SMILES string of the molecule is Cc1nonc1COc1ccccc1C(=O)N1CCC[C@@H](c2ncc(Cc3ccccc3)o2)C1. The van der Waals surface area contributed by atoms with Crippen molar-refractivity contribution in [3.8, 4) is 5.75 Å². The zero-order chi connectivity index (χ0) is 23.3. The number of hydrogen-bond donors (Lipinski definition) is 0. The minimum absolute atomic E-state index is 0.0636. The van der Waals surface area contributed by atoms with Gasteiger partial charge in [-0.3, -0.25) is 4.79 Å². The molecular formula is C26H26N4O4. The molecule has 0 bridgehead atoms. The Kier molecular flexibility index (Phi) is 6.38. The van der Waals surface area contributed by atoms with Crippen LogP contribution in [-0.2, 0) is 13.0 Å². The van der Waals surface area contributed by atoms with E-state index < -0.39 is 0 Å². The number of aromatic nitrogens is 3. The van der Waals surface area contributed by atoms with Crippen molar-refractivity contribution in [3.05, 3.63) is 95.0 Å². The quantitative estimate of drug-likeness (QED) is 0.401. The monoisotopic (exact) mass is 458 g/mol. The van der Waals surface area contributed by atoms with Crippen molar-refractivity contribution >= 4 is 5.91 Å². The predicted molar refractivity (Wildman–Crippen MR) is 123 cm³/mol. The van der Waals surface area contributed by atoms with Crippen LogP contribution in [0.1, 0.15) is 57.7 Å². The van der Waals surface area contributed by atoms with Crippen LogP contribution in [-0.4, -0.2) is 39.2 Å². The largest absolute Gasteiger partial charge is 0.486 e. The lowest BCUT2D eigenvalue weighted by Crippen LogP contribution is -2.39. The van der Waals surface area contributed by atoms with Crippen molar-refractivity contribution in [1.29, 1.82) is 0 Å². The third-order valence-electron chi connectivity index (χ3n) is 6.08. The minimum Gasteiger partial charge on any atom is -0.486 e. The number of likely N-dealkylation sites (tertiary alicyclic amines) is 1. The van der Waals surface area contributed by atoms with E-state index in [1.807, 2.05) is 35.2 Å². The van der Waals surface area contributed by atoms with Gasteiger partial charge in [-0.15, -0.1) is 0 Å². The van der Waals surface area contributed by atoms with E-state index in [0.29, 0.717) is 48.1 Å². The number of oxazole rings is 1. The summed E-state index contributed by atoms with van der Waals surface area (Å²) in [5.74, 6) is 2.05. The number of benzene rings is 2. The number of piperidine rings is 1. The van der Waals surface area contributed by atoms with Gasteiger partial charge in [-0.1, -0.05) is 52.8 Å². The zero-order valence-corrected chi connectivity index (χ0v) is 19.0. The van der Waals surface area contributed by atoms with Gasteiger partial charge in [0.25, 0.3) is 5.91 Å². The lowest BCUT2D eigenvalue weighted by molar-refractivity contribution is 0.0693. The van der Waals surface area contributed by atoms with Crippen LogP contribution in [0.25, 0.3) is 0 Å². The van der Waals surface area contributed by atoms with Crippen molar-refractivity contribution in [1.82, 2.24) is 20.2 Å². The summed E-state index contributed by atoms with van der Waals surface area (Å²) in [6, 6.07) is 17.4. The van der Waals surface area contributed by atoms with Gasteiger partial charge in [-0.05, 0) is 37.5 Å². The van der Waals surface area contributed by atoms with E-state index in [9.17, 15) is 4.79 Å². The molecule has 0 spiro atoms. The first-order valence-corrected chi connectivity index (χ1v) is 11.4. The topological polar surface area (TPSA) is 94.5 Å². The van der Waals surface area contributed by atoms with E-state index in [1.165, 1.54) is 5.56 Å². The molecule has 0 aliphatic carbocycles. The lowest BCUT2D eigenvalue weighted by atomic mass is 9.97. The van der Waals surface area contributed by atoms with Gasteiger partial charge in [0, 0.05) is 19.5 Å². The van der Waals surface area contributed by atoms with Crippen molar-refractivity contribution in [2.75, 3.05) is 13.1 Å². The summed E-state index contributed by atoms with van der Waals surface area (Å²) in [5.41, 5.74) is 2.98. The van der Waals surface area contributed by atoms with Crippen LogP contribution < -0.4 is 4.74 Å². The van der Waals surface area contributed by atoms with Gasteiger partial charge >= 0.3 is 0 Å².